The third-order valence-corrected chi connectivity index (χ3v) is 3.38. The van der Waals surface area contributed by atoms with E-state index in [2.05, 4.69) is 25.6 Å². The van der Waals surface area contributed by atoms with Crippen LogP contribution in [0.15, 0.2) is 11.3 Å². The van der Waals surface area contributed by atoms with E-state index in [4.69, 9.17) is 10.00 Å². The summed E-state index contributed by atoms with van der Waals surface area (Å²) in [5.74, 6) is 0.268. The van der Waals surface area contributed by atoms with Crippen molar-refractivity contribution in [3.05, 3.63) is 17.7 Å². The van der Waals surface area contributed by atoms with Gasteiger partial charge in [0.05, 0.1) is 17.7 Å². The average Bonchev–Trinajstić information content (AvgIpc) is 3.01. The quantitative estimate of drug-likeness (QED) is 0.198. The molecular weight excluding hydrogens is 276 g/mol. The van der Waals surface area contributed by atoms with Gasteiger partial charge in [0.25, 0.3) is 0 Å². The molecule has 0 unspecified atom stereocenters. The predicted octanol–water partition coefficient (Wildman–Crippen LogP) is -1.47. The van der Waals surface area contributed by atoms with Crippen LogP contribution in [0.5, 0.6) is 0 Å². The minimum Gasteiger partial charge on any atom is -0.388 e. The first-order chi connectivity index (χ1) is 10.1. The third-order valence-electron chi connectivity index (χ3n) is 3.38. The number of aliphatic hydroxyl groups excluding tert-OH is 2. The van der Waals surface area contributed by atoms with Crippen LogP contribution in [-0.4, -0.2) is 58.0 Å². The van der Waals surface area contributed by atoms with E-state index in [1.165, 1.54) is 13.4 Å². The molecule has 1 aliphatic rings. The molecule has 0 aromatic carbocycles. The lowest BCUT2D eigenvalue weighted by atomic mass is 10.0. The Balaban J connectivity index is 2.00. The third kappa shape index (κ3) is 3.13. The Hall–Kier alpha value is -2.15. The van der Waals surface area contributed by atoms with Gasteiger partial charge in [0.1, 0.15) is 24.4 Å². The number of ether oxygens (including phenoxy) is 1. The van der Waals surface area contributed by atoms with Crippen LogP contribution in [0.2, 0.25) is 0 Å². The van der Waals surface area contributed by atoms with Gasteiger partial charge in [-0.15, -0.1) is 0 Å². The summed E-state index contributed by atoms with van der Waals surface area (Å²) in [6.45, 7) is 1.99. The second kappa shape index (κ2) is 6.53. The maximum absolute atomic E-state index is 10.1. The SMILES string of the molecule is CN=C(NC#N)NC[C@H]1O[C@@H](c2[nH]cnc2C)[C@H](O)[C@@H]1O. The highest BCUT2D eigenvalue weighted by Crippen LogP contribution is 2.33. The van der Waals surface area contributed by atoms with Crippen LogP contribution in [0, 0.1) is 18.4 Å². The zero-order valence-corrected chi connectivity index (χ0v) is 11.7. The normalized spacial score (nSPS) is 29.2. The molecule has 2 heterocycles. The molecule has 0 bridgehead atoms. The molecule has 0 aliphatic carbocycles. The molecule has 1 saturated heterocycles. The Morgan fingerprint density at radius 1 is 1.57 bits per heavy atom. The number of imidazole rings is 1. The number of H-pyrrole nitrogens is 1. The summed E-state index contributed by atoms with van der Waals surface area (Å²) in [5.41, 5.74) is 1.35. The van der Waals surface area contributed by atoms with Crippen molar-refractivity contribution in [1.82, 2.24) is 20.6 Å². The van der Waals surface area contributed by atoms with Gasteiger partial charge in [0.2, 0.25) is 5.96 Å². The Morgan fingerprint density at radius 3 is 2.90 bits per heavy atom. The van der Waals surface area contributed by atoms with E-state index >= 15 is 0 Å². The highest BCUT2D eigenvalue weighted by Gasteiger charge is 2.44. The van der Waals surface area contributed by atoms with Gasteiger partial charge in [-0.3, -0.25) is 10.3 Å². The summed E-state index contributed by atoms with van der Waals surface area (Å²) < 4.78 is 5.68. The molecule has 0 saturated carbocycles. The topological polar surface area (TPSA) is 139 Å². The first-order valence-electron chi connectivity index (χ1n) is 6.45. The van der Waals surface area contributed by atoms with Crippen LogP contribution in [0.1, 0.15) is 17.5 Å². The second-order valence-corrected chi connectivity index (χ2v) is 4.67. The fraction of sp³-hybridized carbons (Fsp3) is 0.583. The number of nitrogens with one attached hydrogen (secondary N) is 3. The van der Waals surface area contributed by atoms with Crippen molar-refractivity contribution in [3.8, 4) is 6.19 Å². The molecule has 0 spiro atoms. The van der Waals surface area contributed by atoms with E-state index in [9.17, 15) is 10.2 Å². The van der Waals surface area contributed by atoms with Crippen molar-refractivity contribution in [2.45, 2.75) is 31.3 Å². The van der Waals surface area contributed by atoms with Crippen LogP contribution in [0.25, 0.3) is 0 Å². The Morgan fingerprint density at radius 2 is 2.33 bits per heavy atom. The van der Waals surface area contributed by atoms with Crippen molar-refractivity contribution in [2.24, 2.45) is 4.99 Å². The predicted molar refractivity (Wildman–Crippen MR) is 73.1 cm³/mol. The number of aliphatic hydroxyl groups is 2. The fourth-order valence-corrected chi connectivity index (χ4v) is 2.25. The van der Waals surface area contributed by atoms with Gasteiger partial charge in [-0.05, 0) is 6.92 Å². The highest BCUT2D eigenvalue weighted by molar-refractivity contribution is 5.80. The van der Waals surface area contributed by atoms with E-state index in [1.807, 2.05) is 0 Å². The zero-order chi connectivity index (χ0) is 15.4. The molecule has 0 radical (unpaired) electrons. The van der Waals surface area contributed by atoms with Crippen molar-refractivity contribution in [1.29, 1.82) is 5.26 Å². The van der Waals surface area contributed by atoms with E-state index in [-0.39, 0.29) is 12.5 Å². The number of nitriles is 1. The summed E-state index contributed by atoms with van der Waals surface area (Å²) in [6.07, 6.45) is -0.150. The molecule has 21 heavy (non-hydrogen) atoms. The molecule has 9 nitrogen and oxygen atoms in total. The van der Waals surface area contributed by atoms with Crippen LogP contribution in [-0.2, 0) is 4.74 Å². The van der Waals surface area contributed by atoms with Crippen molar-refractivity contribution >= 4 is 5.96 Å². The maximum atomic E-state index is 10.1. The number of hydrogen-bond acceptors (Lipinski definition) is 6. The number of aromatic nitrogens is 2. The van der Waals surface area contributed by atoms with Gasteiger partial charge < -0.3 is 25.3 Å². The van der Waals surface area contributed by atoms with Gasteiger partial charge in [-0.25, -0.2) is 4.98 Å². The van der Waals surface area contributed by atoms with E-state index in [0.717, 1.165) is 0 Å². The number of aryl methyl sites for hydroxylation is 1. The van der Waals surface area contributed by atoms with Crippen LogP contribution < -0.4 is 10.6 Å². The Kier molecular flexibility index (Phi) is 4.74. The molecule has 9 heteroatoms. The van der Waals surface area contributed by atoms with Gasteiger partial charge >= 0.3 is 0 Å². The van der Waals surface area contributed by atoms with Gasteiger partial charge in [-0.1, -0.05) is 0 Å². The maximum Gasteiger partial charge on any atom is 0.204 e. The number of nitrogens with zero attached hydrogens (tertiary/aromatic N) is 3. The Bertz CT molecular complexity index is 551. The zero-order valence-electron chi connectivity index (χ0n) is 11.7. The van der Waals surface area contributed by atoms with Crippen LogP contribution >= 0.6 is 0 Å². The average molecular weight is 294 g/mol. The molecule has 1 fully saturated rings. The summed E-state index contributed by atoms with van der Waals surface area (Å²) >= 11 is 0. The van der Waals surface area contributed by atoms with Crippen molar-refractivity contribution < 1.29 is 14.9 Å². The fourth-order valence-electron chi connectivity index (χ4n) is 2.25. The molecular formula is C12H18N6O3. The molecule has 1 aromatic rings. The number of guanidine groups is 1. The van der Waals surface area contributed by atoms with E-state index < -0.39 is 24.4 Å². The monoisotopic (exact) mass is 294 g/mol. The molecule has 2 rings (SSSR count). The van der Waals surface area contributed by atoms with Gasteiger partial charge in [0, 0.05) is 13.6 Å². The van der Waals surface area contributed by atoms with Gasteiger partial charge in [0.15, 0.2) is 6.19 Å². The molecule has 5 N–H and O–H groups in total. The lowest BCUT2D eigenvalue weighted by Gasteiger charge is -2.16. The lowest BCUT2D eigenvalue weighted by molar-refractivity contribution is 0.00720. The van der Waals surface area contributed by atoms with E-state index in [0.29, 0.717) is 11.4 Å². The van der Waals surface area contributed by atoms with Crippen molar-refractivity contribution in [2.75, 3.05) is 13.6 Å². The molecule has 4 atom stereocenters. The molecule has 114 valence electrons. The lowest BCUT2D eigenvalue weighted by Crippen LogP contribution is -2.43. The summed E-state index contributed by atoms with van der Waals surface area (Å²) in [6, 6.07) is 0. The summed E-state index contributed by atoms with van der Waals surface area (Å²) in [4.78, 5) is 10.8. The van der Waals surface area contributed by atoms with Crippen LogP contribution in [0.3, 0.4) is 0 Å². The van der Waals surface area contributed by atoms with Gasteiger partial charge in [-0.2, -0.15) is 5.26 Å². The number of aliphatic imine (C=N–C) groups is 1. The minimum atomic E-state index is -1.05. The molecule has 1 aliphatic heterocycles. The van der Waals surface area contributed by atoms with E-state index in [1.54, 1.807) is 13.1 Å². The molecule has 1 aromatic heterocycles. The van der Waals surface area contributed by atoms with Crippen LogP contribution in [0.4, 0.5) is 0 Å². The molecule has 0 amide bonds. The largest absolute Gasteiger partial charge is 0.388 e. The Labute approximate surface area is 121 Å². The summed E-state index contributed by atoms with van der Waals surface area (Å²) in [7, 11) is 1.52. The number of hydrogen-bond donors (Lipinski definition) is 5. The number of aromatic amines is 1. The highest BCUT2D eigenvalue weighted by atomic mass is 16.5. The second-order valence-electron chi connectivity index (χ2n) is 4.67. The summed E-state index contributed by atoms with van der Waals surface area (Å²) in [5, 5.41) is 33.9. The first-order valence-corrected chi connectivity index (χ1v) is 6.45. The first kappa shape index (κ1) is 15.2. The number of rotatable bonds is 3. The smallest absolute Gasteiger partial charge is 0.204 e. The van der Waals surface area contributed by atoms with Crippen molar-refractivity contribution in [3.63, 3.8) is 0 Å². The minimum absolute atomic E-state index is 0.198. The standard InChI is InChI=1S/C12H18N6O3/c1-6-8(18-5-17-6)11-10(20)9(19)7(21-11)3-15-12(14-2)16-4-13/h5,7,9-11,19-20H,3H2,1-2H3,(H,17,18)(H2,14,15,16)/t7-,9-,10-,11+/m1/s1.